The van der Waals surface area contributed by atoms with E-state index in [-0.39, 0.29) is 11.9 Å². The Morgan fingerprint density at radius 3 is 2.59 bits per heavy atom. The van der Waals surface area contributed by atoms with E-state index < -0.39 is 0 Å². The minimum Gasteiger partial charge on any atom is -0.313 e. The van der Waals surface area contributed by atoms with Gasteiger partial charge in [0.2, 0.25) is 0 Å². The van der Waals surface area contributed by atoms with E-state index in [0.29, 0.717) is 5.56 Å². The van der Waals surface area contributed by atoms with Gasteiger partial charge >= 0.3 is 0 Å². The number of aryl methyl sites for hydroxylation is 1. The molecule has 1 N–H and O–H groups in total. The molecular weight excluding hydrogens is 233 g/mol. The molecule has 1 unspecified atom stereocenters. The Morgan fingerprint density at radius 1 is 1.24 bits per heavy atom. The zero-order chi connectivity index (χ0) is 12.4. The van der Waals surface area contributed by atoms with Gasteiger partial charge < -0.3 is 5.32 Å². The molecule has 0 saturated carbocycles. The Hall–Kier alpha value is -1.19. The minimum absolute atomic E-state index is 0.154. The Balaban J connectivity index is 2.50. The highest BCUT2D eigenvalue weighted by atomic mass is 32.1. The fraction of sp³-hybridized carbons (Fsp3) is 0.286. The molecule has 0 bridgehead atoms. The fourth-order valence-electron chi connectivity index (χ4n) is 1.85. The van der Waals surface area contributed by atoms with E-state index >= 15 is 0 Å². The predicted octanol–water partition coefficient (Wildman–Crippen LogP) is 4.14. The van der Waals surface area contributed by atoms with Crippen LogP contribution in [0.15, 0.2) is 29.6 Å². The summed E-state index contributed by atoms with van der Waals surface area (Å²) in [5.74, 6) is -0.154. The first kappa shape index (κ1) is 12.3. The first-order valence-corrected chi connectivity index (χ1v) is 6.52. The van der Waals surface area contributed by atoms with Gasteiger partial charge in [0.15, 0.2) is 0 Å². The molecule has 0 saturated heterocycles. The number of hydrogen-bond acceptors (Lipinski definition) is 2. The summed E-state index contributed by atoms with van der Waals surface area (Å²) in [6, 6.07) is 7.53. The number of nitrogens with one attached hydrogen (secondary N) is 1. The quantitative estimate of drug-likeness (QED) is 0.862. The molecule has 0 aliphatic heterocycles. The summed E-state index contributed by atoms with van der Waals surface area (Å²) in [4.78, 5) is 1.15. The minimum atomic E-state index is -0.154. The summed E-state index contributed by atoms with van der Waals surface area (Å²) in [5.41, 5.74) is 2.80. The Morgan fingerprint density at radius 2 is 2.00 bits per heavy atom. The van der Waals surface area contributed by atoms with Crippen molar-refractivity contribution in [1.82, 2.24) is 5.32 Å². The molecule has 0 aliphatic carbocycles. The molecule has 0 amide bonds. The van der Waals surface area contributed by atoms with Gasteiger partial charge in [-0.1, -0.05) is 6.07 Å². The summed E-state index contributed by atoms with van der Waals surface area (Å²) in [6.07, 6.45) is 0. The van der Waals surface area contributed by atoms with Crippen molar-refractivity contribution in [3.05, 3.63) is 45.9 Å². The third kappa shape index (κ3) is 2.40. The topological polar surface area (TPSA) is 12.0 Å². The molecule has 0 aliphatic rings. The van der Waals surface area contributed by atoms with Crippen molar-refractivity contribution in [2.75, 3.05) is 7.05 Å². The van der Waals surface area contributed by atoms with E-state index in [1.807, 2.05) is 37.6 Å². The van der Waals surface area contributed by atoms with Crippen LogP contribution in [0.4, 0.5) is 4.39 Å². The average Bonchev–Trinajstić information content (AvgIpc) is 2.75. The average molecular weight is 249 g/mol. The first-order chi connectivity index (χ1) is 8.13. The van der Waals surface area contributed by atoms with Gasteiger partial charge in [-0.2, -0.15) is 0 Å². The van der Waals surface area contributed by atoms with Crippen molar-refractivity contribution in [3.8, 4) is 11.1 Å². The number of halogens is 1. The van der Waals surface area contributed by atoms with E-state index in [2.05, 4.69) is 12.2 Å². The molecule has 2 aromatic rings. The second-order valence-corrected chi connectivity index (χ2v) is 5.26. The van der Waals surface area contributed by atoms with Crippen LogP contribution in [0.3, 0.4) is 0 Å². The lowest BCUT2D eigenvalue weighted by atomic mass is 10.00. The Bertz CT molecular complexity index is 519. The second kappa shape index (κ2) is 4.98. The maximum atomic E-state index is 13.9. The van der Waals surface area contributed by atoms with Crippen LogP contribution in [0.2, 0.25) is 0 Å². The molecule has 17 heavy (non-hydrogen) atoms. The Labute approximate surface area is 105 Å². The van der Waals surface area contributed by atoms with Crippen molar-refractivity contribution in [3.63, 3.8) is 0 Å². The first-order valence-electron chi connectivity index (χ1n) is 5.64. The van der Waals surface area contributed by atoms with Crippen LogP contribution in [0.5, 0.6) is 0 Å². The highest BCUT2D eigenvalue weighted by Crippen LogP contribution is 2.31. The predicted molar refractivity (Wildman–Crippen MR) is 71.9 cm³/mol. The van der Waals surface area contributed by atoms with Gasteiger partial charge in [-0.25, -0.2) is 4.39 Å². The van der Waals surface area contributed by atoms with Crippen molar-refractivity contribution in [1.29, 1.82) is 0 Å². The number of benzene rings is 1. The van der Waals surface area contributed by atoms with Gasteiger partial charge in [0.1, 0.15) is 5.82 Å². The van der Waals surface area contributed by atoms with E-state index in [1.54, 1.807) is 17.4 Å². The van der Waals surface area contributed by atoms with Crippen molar-refractivity contribution >= 4 is 11.3 Å². The summed E-state index contributed by atoms with van der Waals surface area (Å²) < 4.78 is 13.9. The molecule has 2 rings (SSSR count). The zero-order valence-corrected chi connectivity index (χ0v) is 11.1. The summed E-state index contributed by atoms with van der Waals surface area (Å²) in [7, 11) is 1.91. The van der Waals surface area contributed by atoms with Gasteiger partial charge in [-0.15, -0.1) is 11.3 Å². The third-order valence-electron chi connectivity index (χ3n) is 3.07. The molecule has 1 nitrogen and oxygen atoms in total. The summed E-state index contributed by atoms with van der Waals surface area (Å²) in [5, 5.41) is 5.17. The van der Waals surface area contributed by atoms with E-state index in [0.717, 1.165) is 16.0 Å². The zero-order valence-electron chi connectivity index (χ0n) is 10.3. The fourth-order valence-corrected chi connectivity index (χ4v) is 2.56. The number of hydrogen-bond donors (Lipinski definition) is 1. The summed E-state index contributed by atoms with van der Waals surface area (Å²) in [6.45, 7) is 4.09. The standard InChI is InChI=1S/C14H16FNS/c1-9(16-3)11-4-5-14(15)13(8-11)12-6-7-17-10(12)2/h4-9,16H,1-3H3. The van der Waals surface area contributed by atoms with Crippen LogP contribution in [-0.2, 0) is 0 Å². The van der Waals surface area contributed by atoms with E-state index in [4.69, 9.17) is 0 Å². The molecular formula is C14H16FNS. The van der Waals surface area contributed by atoms with Gasteiger partial charge in [0.25, 0.3) is 0 Å². The largest absolute Gasteiger partial charge is 0.313 e. The van der Waals surface area contributed by atoms with Gasteiger partial charge in [-0.05, 0) is 55.6 Å². The number of rotatable bonds is 3. The third-order valence-corrected chi connectivity index (χ3v) is 3.92. The molecule has 1 heterocycles. The molecule has 0 spiro atoms. The SMILES string of the molecule is CNC(C)c1ccc(F)c(-c2ccsc2C)c1. The summed E-state index contributed by atoms with van der Waals surface area (Å²) >= 11 is 1.65. The van der Waals surface area contributed by atoms with Crippen LogP contribution in [0, 0.1) is 12.7 Å². The van der Waals surface area contributed by atoms with Crippen LogP contribution < -0.4 is 5.32 Å². The highest BCUT2D eigenvalue weighted by molar-refractivity contribution is 7.10. The molecule has 1 aromatic carbocycles. The lowest BCUT2D eigenvalue weighted by Gasteiger charge is -2.12. The molecule has 0 fully saturated rings. The lowest BCUT2D eigenvalue weighted by Crippen LogP contribution is -2.12. The van der Waals surface area contributed by atoms with Crippen molar-refractivity contribution < 1.29 is 4.39 Å². The van der Waals surface area contributed by atoms with Crippen LogP contribution in [0.25, 0.3) is 11.1 Å². The van der Waals surface area contributed by atoms with Crippen LogP contribution in [-0.4, -0.2) is 7.05 Å². The van der Waals surface area contributed by atoms with Crippen molar-refractivity contribution in [2.45, 2.75) is 19.9 Å². The normalized spacial score (nSPS) is 12.7. The molecule has 1 atom stereocenters. The molecule has 1 aromatic heterocycles. The maximum Gasteiger partial charge on any atom is 0.131 e. The number of thiophene rings is 1. The molecule has 0 radical (unpaired) electrons. The van der Waals surface area contributed by atoms with E-state index in [1.165, 1.54) is 0 Å². The van der Waals surface area contributed by atoms with E-state index in [9.17, 15) is 4.39 Å². The van der Waals surface area contributed by atoms with Gasteiger partial charge in [-0.3, -0.25) is 0 Å². The van der Waals surface area contributed by atoms with Gasteiger partial charge in [0.05, 0.1) is 0 Å². The Kier molecular flexibility index (Phi) is 3.60. The van der Waals surface area contributed by atoms with Crippen LogP contribution in [0.1, 0.15) is 23.4 Å². The second-order valence-electron chi connectivity index (χ2n) is 4.14. The van der Waals surface area contributed by atoms with Crippen molar-refractivity contribution in [2.24, 2.45) is 0 Å². The molecule has 90 valence electrons. The maximum absolute atomic E-state index is 13.9. The molecule has 3 heteroatoms. The van der Waals surface area contributed by atoms with Gasteiger partial charge in [0, 0.05) is 16.5 Å². The monoisotopic (exact) mass is 249 g/mol. The van der Waals surface area contributed by atoms with Crippen LogP contribution >= 0.6 is 11.3 Å². The highest BCUT2D eigenvalue weighted by Gasteiger charge is 2.11. The lowest BCUT2D eigenvalue weighted by molar-refractivity contribution is 0.622. The smallest absolute Gasteiger partial charge is 0.131 e.